The van der Waals surface area contributed by atoms with E-state index in [1.807, 2.05) is 6.07 Å². The molecule has 1 saturated heterocycles. The molecule has 1 aliphatic rings. The van der Waals surface area contributed by atoms with E-state index in [2.05, 4.69) is 20.0 Å². The normalized spacial score (nSPS) is 27.0. The number of anilines is 1. The molecule has 33 heavy (non-hydrogen) atoms. The van der Waals surface area contributed by atoms with Gasteiger partial charge in [-0.15, -0.1) is 0 Å². The Hall–Kier alpha value is -2.64. The Morgan fingerprint density at radius 2 is 2.09 bits per heavy atom. The number of nitrogen functional groups attached to an aromatic ring is 1. The predicted molar refractivity (Wildman–Crippen MR) is 114 cm³/mol. The molecule has 0 radical (unpaired) electrons. The molecule has 5 atom stereocenters. The molecule has 0 saturated carbocycles. The highest BCUT2D eigenvalue weighted by molar-refractivity contribution is 7.49. The summed E-state index contributed by atoms with van der Waals surface area (Å²) in [7, 11) is -3.07. The van der Waals surface area contributed by atoms with Crippen molar-refractivity contribution in [2.45, 2.75) is 37.5 Å². The molecule has 178 valence electrons. The van der Waals surface area contributed by atoms with Crippen molar-refractivity contribution in [1.82, 2.24) is 24.6 Å². The van der Waals surface area contributed by atoms with Crippen LogP contribution < -0.4 is 20.5 Å². The van der Waals surface area contributed by atoms with Gasteiger partial charge in [0.05, 0.1) is 20.0 Å². The quantitative estimate of drug-likeness (QED) is 0.309. The number of hydrogen-bond acceptors (Lipinski definition) is 11. The van der Waals surface area contributed by atoms with Gasteiger partial charge < -0.3 is 34.8 Å². The van der Waals surface area contributed by atoms with E-state index in [9.17, 15) is 19.7 Å². The van der Waals surface area contributed by atoms with Crippen molar-refractivity contribution in [2.24, 2.45) is 0 Å². The van der Waals surface area contributed by atoms with Gasteiger partial charge in [0.2, 0.25) is 19.6 Å². The maximum Gasteiger partial charge on any atom is 0.246 e. The van der Waals surface area contributed by atoms with E-state index < -0.39 is 38.4 Å². The molecule has 14 heteroatoms. The highest BCUT2D eigenvalue weighted by Crippen LogP contribution is 2.42. The van der Waals surface area contributed by atoms with Crippen LogP contribution in [0.2, 0.25) is 0 Å². The van der Waals surface area contributed by atoms with Gasteiger partial charge in [-0.2, -0.15) is 9.97 Å². The Bertz CT molecular complexity index is 1170. The number of imidazole rings is 1. The standard InChI is InChI=1S/C19H25N6O7P/c1-19(27)14(26)12(9-31-33(28,29)22-8-11-6-4-3-5-7-11)32-17(19)25-10-21-13-15(25)23-18(20)24-16(13)30-2/h3-7,10,12,14,17,26-27H,8-9H2,1-2H3,(H2,20,23,24)(H2,22,28,29)/p-1/t12-,14-,17-,19-/m1/s1. The number of nitrogens with two attached hydrogens (primary N) is 1. The first kappa shape index (κ1) is 23.5. The molecule has 13 nitrogen and oxygen atoms in total. The van der Waals surface area contributed by atoms with Gasteiger partial charge in [0, 0.05) is 6.54 Å². The van der Waals surface area contributed by atoms with Gasteiger partial charge in [-0.05, 0) is 12.5 Å². The highest BCUT2D eigenvalue weighted by Gasteiger charge is 2.53. The lowest BCUT2D eigenvalue weighted by Crippen LogP contribution is -2.44. The molecule has 5 N–H and O–H groups in total. The molecule has 4 rings (SSSR count). The van der Waals surface area contributed by atoms with E-state index in [-0.39, 0.29) is 29.5 Å². The molecular weight excluding hydrogens is 455 g/mol. The zero-order valence-electron chi connectivity index (χ0n) is 17.9. The van der Waals surface area contributed by atoms with Crippen LogP contribution >= 0.6 is 7.75 Å². The van der Waals surface area contributed by atoms with Gasteiger partial charge in [-0.1, -0.05) is 30.3 Å². The van der Waals surface area contributed by atoms with E-state index in [0.29, 0.717) is 0 Å². The molecule has 3 heterocycles. The minimum absolute atomic E-state index is 0.0417. The zero-order valence-corrected chi connectivity index (χ0v) is 18.8. The molecule has 2 aromatic heterocycles. The average molecular weight is 479 g/mol. The lowest BCUT2D eigenvalue weighted by molar-refractivity contribution is -0.205. The largest absolute Gasteiger partial charge is 0.766 e. The summed E-state index contributed by atoms with van der Waals surface area (Å²) in [5.41, 5.74) is 5.12. The number of nitrogens with one attached hydrogen (secondary N) is 1. The van der Waals surface area contributed by atoms with E-state index in [4.69, 9.17) is 19.7 Å². The Kier molecular flexibility index (Phi) is 6.38. The van der Waals surface area contributed by atoms with Crippen molar-refractivity contribution in [3.8, 4) is 5.88 Å². The molecule has 1 unspecified atom stereocenters. The second-order valence-electron chi connectivity index (χ2n) is 7.73. The summed E-state index contributed by atoms with van der Waals surface area (Å²) in [4.78, 5) is 24.5. The fourth-order valence-electron chi connectivity index (χ4n) is 3.60. The topological polar surface area (TPSA) is 190 Å². The third-order valence-electron chi connectivity index (χ3n) is 5.34. The number of ether oxygens (including phenoxy) is 2. The van der Waals surface area contributed by atoms with Gasteiger partial charge >= 0.3 is 0 Å². The number of nitrogens with zero attached hydrogens (tertiary/aromatic N) is 4. The Morgan fingerprint density at radius 3 is 2.79 bits per heavy atom. The first-order chi connectivity index (χ1) is 15.6. The zero-order chi connectivity index (χ0) is 23.8. The van der Waals surface area contributed by atoms with Crippen LogP contribution in [-0.4, -0.2) is 61.3 Å². The fraction of sp³-hybridized carbons (Fsp3) is 0.421. The first-order valence-corrected chi connectivity index (χ1v) is 11.5. The van der Waals surface area contributed by atoms with Crippen molar-refractivity contribution < 1.29 is 33.7 Å². The maximum atomic E-state index is 12.3. The third-order valence-corrected chi connectivity index (χ3v) is 6.37. The number of rotatable bonds is 8. The van der Waals surface area contributed by atoms with E-state index in [1.165, 1.54) is 24.9 Å². The number of hydrogen-bond donors (Lipinski definition) is 4. The SMILES string of the molecule is COc1nc(N)nc2c1ncn2[C@@H]1O[C@H](COP(=O)([O-])NCc2ccccc2)[C@@H](O)[C@@]1(C)O. The lowest BCUT2D eigenvalue weighted by Gasteiger charge is -2.28. The Labute approximate surface area is 188 Å². The molecule has 0 aliphatic carbocycles. The van der Waals surface area contributed by atoms with E-state index in [0.717, 1.165) is 5.56 Å². The summed E-state index contributed by atoms with van der Waals surface area (Å²) < 4.78 is 29.6. The van der Waals surface area contributed by atoms with Gasteiger partial charge in [0.25, 0.3) is 0 Å². The third kappa shape index (κ3) is 4.70. The first-order valence-electron chi connectivity index (χ1n) is 9.97. The molecule has 0 amide bonds. The molecule has 3 aromatic rings. The maximum absolute atomic E-state index is 12.3. The number of fused-ring (bicyclic) bond motifs is 1. The van der Waals surface area contributed by atoms with Crippen LogP contribution in [0, 0.1) is 0 Å². The summed E-state index contributed by atoms with van der Waals surface area (Å²) in [6, 6.07) is 8.91. The predicted octanol–water partition coefficient (Wildman–Crippen LogP) is -0.299. The molecule has 1 fully saturated rings. The monoisotopic (exact) mass is 479 g/mol. The number of benzene rings is 1. The van der Waals surface area contributed by atoms with Crippen molar-refractivity contribution in [2.75, 3.05) is 19.5 Å². The second-order valence-corrected chi connectivity index (χ2v) is 9.30. The smallest absolute Gasteiger partial charge is 0.246 e. The van der Waals surface area contributed by atoms with Crippen molar-refractivity contribution in [3.63, 3.8) is 0 Å². The summed E-state index contributed by atoms with van der Waals surface area (Å²) in [6.45, 7) is 0.865. The van der Waals surface area contributed by atoms with Gasteiger partial charge in [0.15, 0.2) is 17.4 Å². The summed E-state index contributed by atoms with van der Waals surface area (Å²) in [6.07, 6.45) is -2.48. The minimum Gasteiger partial charge on any atom is -0.766 e. The molecule has 1 aromatic carbocycles. The summed E-state index contributed by atoms with van der Waals surface area (Å²) in [5.74, 6) is 0.0436. The molecular formula is C19H24N6O7P-. The van der Waals surface area contributed by atoms with Crippen LogP contribution in [0.25, 0.3) is 11.2 Å². The molecule has 0 bridgehead atoms. The molecule has 1 aliphatic heterocycles. The van der Waals surface area contributed by atoms with Crippen LogP contribution in [0.3, 0.4) is 0 Å². The van der Waals surface area contributed by atoms with Crippen molar-refractivity contribution in [3.05, 3.63) is 42.2 Å². The van der Waals surface area contributed by atoms with E-state index in [1.54, 1.807) is 24.3 Å². The van der Waals surface area contributed by atoms with Gasteiger partial charge in [-0.3, -0.25) is 14.2 Å². The number of methoxy groups -OCH3 is 1. The highest BCUT2D eigenvalue weighted by atomic mass is 31.2. The fourth-order valence-corrected chi connectivity index (χ4v) is 4.41. The Morgan fingerprint density at radius 1 is 1.36 bits per heavy atom. The van der Waals surface area contributed by atoms with E-state index >= 15 is 0 Å². The summed E-state index contributed by atoms with van der Waals surface area (Å²) >= 11 is 0. The van der Waals surface area contributed by atoms with Crippen molar-refractivity contribution in [1.29, 1.82) is 0 Å². The van der Waals surface area contributed by atoms with Crippen LogP contribution in [0.15, 0.2) is 36.7 Å². The lowest BCUT2D eigenvalue weighted by atomic mass is 9.96. The minimum atomic E-state index is -4.46. The number of aromatic nitrogens is 4. The van der Waals surface area contributed by atoms with Crippen LogP contribution in [0.5, 0.6) is 5.88 Å². The number of aliphatic hydroxyl groups is 2. The summed E-state index contributed by atoms with van der Waals surface area (Å²) in [5, 5.41) is 23.9. The van der Waals surface area contributed by atoms with Gasteiger partial charge in [0.1, 0.15) is 17.8 Å². The Balaban J connectivity index is 1.48. The second kappa shape index (κ2) is 8.95. The molecule has 0 spiro atoms. The van der Waals surface area contributed by atoms with Crippen LogP contribution in [-0.2, 0) is 20.4 Å². The van der Waals surface area contributed by atoms with Crippen LogP contribution in [0.1, 0.15) is 18.7 Å². The number of aliphatic hydroxyl groups excluding tert-OH is 1. The average Bonchev–Trinajstić information content (AvgIpc) is 3.29. The van der Waals surface area contributed by atoms with Crippen molar-refractivity contribution >= 4 is 24.9 Å². The van der Waals surface area contributed by atoms with Crippen LogP contribution in [0.4, 0.5) is 5.95 Å². The van der Waals surface area contributed by atoms with Gasteiger partial charge in [-0.25, -0.2) is 4.98 Å².